The number of β-amino-alcohol motifs (C(OH)–C–C–N with tert-alkyl or cyclic N) is 1. The Bertz CT molecular complexity index is 558. The van der Waals surface area contributed by atoms with Crippen molar-refractivity contribution in [2.45, 2.75) is 38.3 Å². The van der Waals surface area contributed by atoms with E-state index in [0.29, 0.717) is 31.2 Å². The summed E-state index contributed by atoms with van der Waals surface area (Å²) in [5.74, 6) is 0.507. The van der Waals surface area contributed by atoms with Crippen LogP contribution in [0.2, 0.25) is 0 Å². The number of nitrogens with zero attached hydrogens (tertiary/aromatic N) is 3. The SMILES string of the molecule is Cc1cncn(CC2CCN(CC3(O)CCOC3)CC2)c1=O. The Morgan fingerprint density at radius 1 is 1.45 bits per heavy atom. The molecule has 2 fully saturated rings. The molecule has 3 rings (SSSR count). The maximum absolute atomic E-state index is 12.0. The minimum Gasteiger partial charge on any atom is -0.386 e. The van der Waals surface area contributed by atoms with Crippen LogP contribution >= 0.6 is 0 Å². The molecule has 6 nitrogen and oxygen atoms in total. The van der Waals surface area contributed by atoms with Crippen molar-refractivity contribution in [1.82, 2.24) is 14.5 Å². The summed E-state index contributed by atoms with van der Waals surface area (Å²) in [5.41, 5.74) is 0.0998. The van der Waals surface area contributed by atoms with Gasteiger partial charge in [0.1, 0.15) is 5.60 Å². The highest BCUT2D eigenvalue weighted by molar-refractivity contribution is 5.00. The second-order valence-electron chi connectivity index (χ2n) is 6.78. The third-order valence-corrected chi connectivity index (χ3v) is 4.83. The van der Waals surface area contributed by atoms with Crippen LogP contribution in [0.1, 0.15) is 24.8 Å². The average Bonchev–Trinajstić information content (AvgIpc) is 2.92. The number of aliphatic hydroxyl groups is 1. The smallest absolute Gasteiger partial charge is 0.256 e. The number of aryl methyl sites for hydroxylation is 1. The molecule has 1 N–H and O–H groups in total. The molecule has 0 aliphatic carbocycles. The molecule has 0 saturated carbocycles. The van der Waals surface area contributed by atoms with Gasteiger partial charge < -0.3 is 14.7 Å². The number of piperidine rings is 1. The van der Waals surface area contributed by atoms with Crippen LogP contribution in [0.3, 0.4) is 0 Å². The molecule has 0 spiro atoms. The zero-order valence-electron chi connectivity index (χ0n) is 13.2. The maximum Gasteiger partial charge on any atom is 0.256 e. The first-order valence-corrected chi connectivity index (χ1v) is 8.09. The fraction of sp³-hybridized carbons (Fsp3) is 0.750. The quantitative estimate of drug-likeness (QED) is 0.873. The van der Waals surface area contributed by atoms with Gasteiger partial charge in [0.15, 0.2) is 0 Å². The molecule has 122 valence electrons. The summed E-state index contributed by atoms with van der Waals surface area (Å²) in [6.45, 7) is 6.31. The topological polar surface area (TPSA) is 67.6 Å². The monoisotopic (exact) mass is 307 g/mol. The summed E-state index contributed by atoms with van der Waals surface area (Å²) in [4.78, 5) is 18.5. The highest BCUT2D eigenvalue weighted by Crippen LogP contribution is 2.24. The van der Waals surface area contributed by atoms with Gasteiger partial charge in [-0.2, -0.15) is 0 Å². The van der Waals surface area contributed by atoms with Gasteiger partial charge in [0, 0.05) is 37.9 Å². The van der Waals surface area contributed by atoms with Crippen molar-refractivity contribution in [3.05, 3.63) is 28.4 Å². The van der Waals surface area contributed by atoms with Crippen molar-refractivity contribution in [3.63, 3.8) is 0 Å². The second-order valence-corrected chi connectivity index (χ2v) is 6.78. The van der Waals surface area contributed by atoms with E-state index in [1.54, 1.807) is 24.0 Å². The van der Waals surface area contributed by atoms with E-state index in [1.807, 2.05) is 0 Å². The lowest BCUT2D eigenvalue weighted by atomic mass is 9.94. The second kappa shape index (κ2) is 6.48. The lowest BCUT2D eigenvalue weighted by Crippen LogP contribution is -2.47. The molecule has 0 aromatic carbocycles. The van der Waals surface area contributed by atoms with Gasteiger partial charge in [0.05, 0.1) is 12.9 Å². The van der Waals surface area contributed by atoms with Crippen LogP contribution in [0.25, 0.3) is 0 Å². The van der Waals surface area contributed by atoms with Crippen LogP contribution in [0.4, 0.5) is 0 Å². The highest BCUT2D eigenvalue weighted by atomic mass is 16.5. The predicted octanol–water partition coefficient (Wildman–Crippen LogP) is 0.415. The van der Waals surface area contributed by atoms with Crippen LogP contribution in [-0.2, 0) is 11.3 Å². The molecular formula is C16H25N3O3. The van der Waals surface area contributed by atoms with Gasteiger partial charge >= 0.3 is 0 Å². The van der Waals surface area contributed by atoms with E-state index in [4.69, 9.17) is 4.74 Å². The summed E-state index contributed by atoms with van der Waals surface area (Å²) in [7, 11) is 0. The third-order valence-electron chi connectivity index (χ3n) is 4.83. The number of aromatic nitrogens is 2. The van der Waals surface area contributed by atoms with Crippen LogP contribution < -0.4 is 5.56 Å². The lowest BCUT2D eigenvalue weighted by molar-refractivity contribution is -0.0125. The van der Waals surface area contributed by atoms with Gasteiger partial charge in [-0.25, -0.2) is 4.98 Å². The number of ether oxygens (including phenoxy) is 1. The van der Waals surface area contributed by atoms with Gasteiger partial charge in [-0.05, 0) is 38.8 Å². The first-order valence-electron chi connectivity index (χ1n) is 8.09. The standard InChI is InChI=1S/C16H25N3O3/c1-13-8-17-12-19(15(13)20)9-14-2-5-18(6-3-14)10-16(21)4-7-22-11-16/h8,12,14,21H,2-7,9-11H2,1H3. The molecule has 2 saturated heterocycles. The summed E-state index contributed by atoms with van der Waals surface area (Å²) < 4.78 is 7.03. The first-order chi connectivity index (χ1) is 10.6. The summed E-state index contributed by atoms with van der Waals surface area (Å²) in [6.07, 6.45) is 6.10. The predicted molar refractivity (Wildman–Crippen MR) is 82.8 cm³/mol. The van der Waals surface area contributed by atoms with Gasteiger partial charge in [0.25, 0.3) is 5.56 Å². The van der Waals surface area contributed by atoms with E-state index < -0.39 is 5.60 Å². The Morgan fingerprint density at radius 2 is 2.23 bits per heavy atom. The molecule has 6 heteroatoms. The van der Waals surface area contributed by atoms with Crippen LogP contribution in [0.15, 0.2) is 17.3 Å². The molecule has 1 atom stereocenters. The van der Waals surface area contributed by atoms with E-state index in [1.165, 1.54) is 0 Å². The Hall–Kier alpha value is -1.24. The van der Waals surface area contributed by atoms with Gasteiger partial charge in [0.2, 0.25) is 0 Å². The summed E-state index contributed by atoms with van der Waals surface area (Å²) in [5, 5.41) is 10.4. The normalized spacial score (nSPS) is 27.4. The molecule has 0 amide bonds. The van der Waals surface area contributed by atoms with Gasteiger partial charge in [-0.15, -0.1) is 0 Å². The number of hydrogen-bond acceptors (Lipinski definition) is 5. The molecular weight excluding hydrogens is 282 g/mol. The van der Waals surface area contributed by atoms with Crippen molar-refractivity contribution in [2.75, 3.05) is 32.8 Å². The fourth-order valence-electron chi connectivity index (χ4n) is 3.43. The van der Waals surface area contributed by atoms with E-state index in [2.05, 4.69) is 9.88 Å². The zero-order valence-corrected chi connectivity index (χ0v) is 13.2. The molecule has 3 heterocycles. The Balaban J connectivity index is 1.51. The summed E-state index contributed by atoms with van der Waals surface area (Å²) in [6, 6.07) is 0. The fourth-order valence-corrected chi connectivity index (χ4v) is 3.43. The van der Waals surface area contributed by atoms with E-state index >= 15 is 0 Å². The molecule has 0 radical (unpaired) electrons. The number of hydrogen-bond donors (Lipinski definition) is 1. The van der Waals surface area contributed by atoms with E-state index in [9.17, 15) is 9.90 Å². The Morgan fingerprint density at radius 3 is 2.91 bits per heavy atom. The molecule has 1 aromatic heterocycles. The van der Waals surface area contributed by atoms with Crippen molar-refractivity contribution in [2.24, 2.45) is 5.92 Å². The van der Waals surface area contributed by atoms with Crippen LogP contribution in [0.5, 0.6) is 0 Å². The Labute approximate surface area is 130 Å². The average molecular weight is 307 g/mol. The molecule has 0 bridgehead atoms. The highest BCUT2D eigenvalue weighted by Gasteiger charge is 2.35. The molecule has 2 aliphatic rings. The third kappa shape index (κ3) is 3.56. The minimum absolute atomic E-state index is 0.0647. The van der Waals surface area contributed by atoms with Crippen molar-refractivity contribution >= 4 is 0 Å². The van der Waals surface area contributed by atoms with Gasteiger partial charge in [-0.1, -0.05) is 0 Å². The Kier molecular flexibility index (Phi) is 4.61. The minimum atomic E-state index is -0.662. The number of likely N-dealkylation sites (tertiary alicyclic amines) is 1. The molecule has 1 unspecified atom stereocenters. The maximum atomic E-state index is 12.0. The van der Waals surface area contributed by atoms with Gasteiger partial charge in [-0.3, -0.25) is 9.36 Å². The van der Waals surface area contributed by atoms with E-state index in [0.717, 1.165) is 38.9 Å². The summed E-state index contributed by atoms with van der Waals surface area (Å²) >= 11 is 0. The molecule has 2 aliphatic heterocycles. The van der Waals surface area contributed by atoms with E-state index in [-0.39, 0.29) is 5.56 Å². The van der Waals surface area contributed by atoms with Crippen LogP contribution in [-0.4, -0.2) is 58.0 Å². The van der Waals surface area contributed by atoms with Crippen molar-refractivity contribution < 1.29 is 9.84 Å². The zero-order chi connectivity index (χ0) is 15.6. The molecule has 1 aromatic rings. The molecule has 22 heavy (non-hydrogen) atoms. The van der Waals surface area contributed by atoms with Crippen molar-refractivity contribution in [3.8, 4) is 0 Å². The largest absolute Gasteiger partial charge is 0.386 e. The lowest BCUT2D eigenvalue weighted by Gasteiger charge is -2.36. The number of rotatable bonds is 4. The van der Waals surface area contributed by atoms with Crippen LogP contribution in [0, 0.1) is 12.8 Å². The first kappa shape index (κ1) is 15.6. The van der Waals surface area contributed by atoms with Crippen molar-refractivity contribution in [1.29, 1.82) is 0 Å².